The summed E-state index contributed by atoms with van der Waals surface area (Å²) in [5.74, 6) is 0. The largest absolute Gasteiger partial charge is 0.389 e. The van der Waals surface area contributed by atoms with E-state index in [0.29, 0.717) is 13.0 Å². The van der Waals surface area contributed by atoms with Crippen molar-refractivity contribution in [2.75, 3.05) is 11.9 Å². The van der Waals surface area contributed by atoms with E-state index in [0.717, 1.165) is 11.3 Å². The maximum atomic E-state index is 11.8. The molecule has 1 rings (SSSR count). The highest BCUT2D eigenvalue weighted by atomic mass is 19.4. The van der Waals surface area contributed by atoms with E-state index in [1.165, 1.54) is 0 Å². The van der Waals surface area contributed by atoms with Crippen LogP contribution in [0.1, 0.15) is 24.8 Å². The lowest BCUT2D eigenvalue weighted by Gasteiger charge is -2.09. The number of pyridine rings is 1. The molecule has 0 aliphatic heterocycles. The first kappa shape index (κ1) is 12.8. The number of unbranched alkanes of at least 4 members (excludes halogenated alkanes) is 1. The number of hydrogen-bond donors (Lipinski definition) is 1. The first-order valence-corrected chi connectivity index (χ1v) is 5.20. The van der Waals surface area contributed by atoms with Gasteiger partial charge in [-0.15, -0.1) is 0 Å². The molecule has 5 heteroatoms. The van der Waals surface area contributed by atoms with Crippen LogP contribution >= 0.6 is 0 Å². The van der Waals surface area contributed by atoms with E-state index in [2.05, 4.69) is 10.3 Å². The highest BCUT2D eigenvalue weighted by Gasteiger charge is 2.25. The highest BCUT2D eigenvalue weighted by Crippen LogP contribution is 2.22. The summed E-state index contributed by atoms with van der Waals surface area (Å²) in [6, 6.07) is 1.82. The minimum atomic E-state index is -4.04. The van der Waals surface area contributed by atoms with Gasteiger partial charge in [-0.3, -0.25) is 4.98 Å². The summed E-state index contributed by atoms with van der Waals surface area (Å²) in [4.78, 5) is 3.93. The molecule has 0 unspecified atom stereocenters. The van der Waals surface area contributed by atoms with Crippen molar-refractivity contribution in [3.8, 4) is 0 Å². The van der Waals surface area contributed by atoms with Gasteiger partial charge in [0, 0.05) is 31.0 Å². The Labute approximate surface area is 92.9 Å². The van der Waals surface area contributed by atoms with E-state index in [-0.39, 0.29) is 6.42 Å². The molecule has 0 aromatic carbocycles. The number of nitrogens with one attached hydrogen (secondary N) is 1. The molecule has 0 amide bonds. The van der Waals surface area contributed by atoms with Crippen molar-refractivity contribution in [3.05, 3.63) is 24.0 Å². The number of nitrogens with zero attached hydrogens (tertiary/aromatic N) is 1. The SMILES string of the molecule is Cc1cnccc1NCCCCC(F)(F)F. The molecule has 0 aliphatic carbocycles. The summed E-state index contributed by atoms with van der Waals surface area (Å²) in [7, 11) is 0. The molecule has 0 aliphatic rings. The molecule has 0 saturated carbocycles. The Morgan fingerprint density at radius 1 is 1.31 bits per heavy atom. The quantitative estimate of drug-likeness (QED) is 0.785. The van der Waals surface area contributed by atoms with E-state index in [1.807, 2.05) is 13.0 Å². The number of anilines is 1. The number of halogens is 3. The minimum absolute atomic E-state index is 0.167. The van der Waals surface area contributed by atoms with Crippen LogP contribution in [0.2, 0.25) is 0 Å². The second-order valence-electron chi connectivity index (χ2n) is 3.69. The van der Waals surface area contributed by atoms with E-state index in [1.54, 1.807) is 12.4 Å². The number of aromatic nitrogens is 1. The molecule has 1 aromatic heterocycles. The van der Waals surface area contributed by atoms with Crippen LogP contribution in [-0.4, -0.2) is 17.7 Å². The normalized spacial score (nSPS) is 11.5. The summed E-state index contributed by atoms with van der Waals surface area (Å²) in [6.45, 7) is 2.46. The Balaban J connectivity index is 2.19. The van der Waals surface area contributed by atoms with Gasteiger partial charge < -0.3 is 5.32 Å². The molecule has 2 nitrogen and oxygen atoms in total. The third-order valence-electron chi connectivity index (χ3n) is 2.22. The zero-order valence-electron chi connectivity index (χ0n) is 9.14. The first-order chi connectivity index (χ1) is 7.49. The summed E-state index contributed by atoms with van der Waals surface area (Å²) in [5.41, 5.74) is 1.93. The third kappa shape index (κ3) is 5.00. The predicted molar refractivity (Wildman–Crippen MR) is 57.4 cm³/mol. The average molecular weight is 232 g/mol. The average Bonchev–Trinajstić information content (AvgIpc) is 2.18. The molecule has 1 N–H and O–H groups in total. The van der Waals surface area contributed by atoms with Gasteiger partial charge in [0.2, 0.25) is 0 Å². The van der Waals surface area contributed by atoms with Gasteiger partial charge in [0.15, 0.2) is 0 Å². The summed E-state index contributed by atoms with van der Waals surface area (Å²) >= 11 is 0. The van der Waals surface area contributed by atoms with Crippen LogP contribution < -0.4 is 5.32 Å². The lowest BCUT2D eigenvalue weighted by Crippen LogP contribution is -2.09. The minimum Gasteiger partial charge on any atom is -0.385 e. The standard InChI is InChI=1S/C11H15F3N2/c1-9-8-15-7-4-10(9)16-6-3-2-5-11(12,13)14/h4,7-8H,2-3,5-6H2,1H3,(H,15,16). The second kappa shape index (κ2) is 5.72. The zero-order valence-corrected chi connectivity index (χ0v) is 9.14. The number of rotatable bonds is 5. The maximum Gasteiger partial charge on any atom is 0.389 e. The molecule has 16 heavy (non-hydrogen) atoms. The molecule has 0 bridgehead atoms. The van der Waals surface area contributed by atoms with Crippen molar-refractivity contribution in [3.63, 3.8) is 0 Å². The van der Waals surface area contributed by atoms with Crippen molar-refractivity contribution in [1.29, 1.82) is 0 Å². The van der Waals surface area contributed by atoms with Crippen LogP contribution in [0.15, 0.2) is 18.5 Å². The molecule has 0 radical (unpaired) electrons. The molecule has 0 atom stereocenters. The van der Waals surface area contributed by atoms with Crippen LogP contribution in [0, 0.1) is 6.92 Å². The van der Waals surface area contributed by atoms with Crippen molar-refractivity contribution < 1.29 is 13.2 Å². The predicted octanol–water partition coefficient (Wildman–Crippen LogP) is 3.53. The van der Waals surface area contributed by atoms with E-state index >= 15 is 0 Å². The summed E-state index contributed by atoms with van der Waals surface area (Å²) in [6.07, 6.45) is -0.679. The van der Waals surface area contributed by atoms with Crippen LogP contribution in [0.3, 0.4) is 0 Å². The molecule has 1 aromatic rings. The molecular weight excluding hydrogens is 217 g/mol. The Morgan fingerprint density at radius 3 is 2.69 bits per heavy atom. The topological polar surface area (TPSA) is 24.9 Å². The van der Waals surface area contributed by atoms with Crippen LogP contribution in [0.5, 0.6) is 0 Å². The molecule has 90 valence electrons. The fraction of sp³-hybridized carbons (Fsp3) is 0.545. The Bertz CT molecular complexity index is 323. The number of hydrogen-bond acceptors (Lipinski definition) is 2. The van der Waals surface area contributed by atoms with Gasteiger partial charge in [0.25, 0.3) is 0 Å². The van der Waals surface area contributed by atoms with Gasteiger partial charge in [-0.25, -0.2) is 0 Å². The Kier molecular flexibility index (Phi) is 4.58. The van der Waals surface area contributed by atoms with Crippen molar-refractivity contribution in [1.82, 2.24) is 4.98 Å². The van der Waals surface area contributed by atoms with Crippen molar-refractivity contribution in [2.24, 2.45) is 0 Å². The fourth-order valence-corrected chi connectivity index (χ4v) is 1.35. The molecule has 0 saturated heterocycles. The number of aryl methyl sites for hydroxylation is 1. The fourth-order valence-electron chi connectivity index (χ4n) is 1.35. The van der Waals surface area contributed by atoms with Gasteiger partial charge in [-0.2, -0.15) is 13.2 Å². The van der Waals surface area contributed by atoms with Gasteiger partial charge in [-0.1, -0.05) is 0 Å². The molecule has 0 spiro atoms. The van der Waals surface area contributed by atoms with Crippen LogP contribution in [0.25, 0.3) is 0 Å². The van der Waals surface area contributed by atoms with E-state index < -0.39 is 12.6 Å². The lowest BCUT2D eigenvalue weighted by molar-refractivity contribution is -0.135. The summed E-state index contributed by atoms with van der Waals surface area (Å²) in [5, 5.41) is 3.09. The van der Waals surface area contributed by atoms with Gasteiger partial charge in [0.1, 0.15) is 0 Å². The number of alkyl halides is 3. The van der Waals surface area contributed by atoms with Gasteiger partial charge in [-0.05, 0) is 31.4 Å². The summed E-state index contributed by atoms with van der Waals surface area (Å²) < 4.78 is 35.5. The Hall–Kier alpha value is -1.26. The monoisotopic (exact) mass is 232 g/mol. The zero-order chi connectivity index (χ0) is 12.0. The molecule has 0 fully saturated rings. The van der Waals surface area contributed by atoms with Crippen molar-refractivity contribution in [2.45, 2.75) is 32.4 Å². The van der Waals surface area contributed by atoms with Gasteiger partial charge in [0.05, 0.1) is 0 Å². The Morgan fingerprint density at radius 2 is 2.06 bits per heavy atom. The smallest absolute Gasteiger partial charge is 0.385 e. The lowest BCUT2D eigenvalue weighted by atomic mass is 10.2. The third-order valence-corrected chi connectivity index (χ3v) is 2.22. The maximum absolute atomic E-state index is 11.8. The molecular formula is C11H15F3N2. The highest BCUT2D eigenvalue weighted by molar-refractivity contribution is 5.48. The van der Waals surface area contributed by atoms with Crippen molar-refractivity contribution >= 4 is 5.69 Å². The van der Waals surface area contributed by atoms with Crippen LogP contribution in [-0.2, 0) is 0 Å². The van der Waals surface area contributed by atoms with Crippen LogP contribution in [0.4, 0.5) is 18.9 Å². The molecule has 1 heterocycles. The first-order valence-electron chi connectivity index (χ1n) is 5.20. The van der Waals surface area contributed by atoms with E-state index in [9.17, 15) is 13.2 Å². The van der Waals surface area contributed by atoms with E-state index in [4.69, 9.17) is 0 Å². The second-order valence-corrected chi connectivity index (χ2v) is 3.69. The van der Waals surface area contributed by atoms with Gasteiger partial charge >= 0.3 is 6.18 Å².